The van der Waals surface area contributed by atoms with Crippen LogP contribution in [0.25, 0.3) is 0 Å². The zero-order valence-electron chi connectivity index (χ0n) is 8.80. The van der Waals surface area contributed by atoms with Crippen LogP contribution < -0.4 is 0 Å². The third kappa shape index (κ3) is 2.37. The van der Waals surface area contributed by atoms with E-state index in [1.165, 1.54) is 0 Å². The first kappa shape index (κ1) is 10.6. The average molecular weight is 212 g/mol. The molecule has 5 heteroatoms. The van der Waals surface area contributed by atoms with Crippen molar-refractivity contribution in [1.82, 2.24) is 9.78 Å². The van der Waals surface area contributed by atoms with Crippen molar-refractivity contribution in [2.24, 2.45) is 0 Å². The molecule has 0 bridgehead atoms. The molecule has 1 aliphatic heterocycles. The van der Waals surface area contributed by atoms with Crippen LogP contribution in [0.15, 0.2) is 12.3 Å². The number of aromatic nitrogens is 2. The van der Waals surface area contributed by atoms with Gasteiger partial charge in [-0.3, -0.25) is 4.68 Å². The molecule has 1 atom stereocenters. The van der Waals surface area contributed by atoms with Crippen LogP contribution >= 0.6 is 0 Å². The van der Waals surface area contributed by atoms with Crippen molar-refractivity contribution >= 4 is 0 Å². The van der Waals surface area contributed by atoms with Gasteiger partial charge in [0.05, 0.1) is 18.9 Å². The molecule has 1 fully saturated rings. The second kappa shape index (κ2) is 4.74. The summed E-state index contributed by atoms with van der Waals surface area (Å²) in [5.74, 6) is 0. The highest BCUT2D eigenvalue weighted by atomic mass is 16.7. The van der Waals surface area contributed by atoms with E-state index < -0.39 is 6.10 Å². The van der Waals surface area contributed by atoms with Crippen molar-refractivity contribution in [3.05, 3.63) is 18.0 Å². The van der Waals surface area contributed by atoms with Gasteiger partial charge in [-0.05, 0) is 13.0 Å². The fraction of sp³-hybridized carbons (Fsp3) is 0.700. The zero-order valence-corrected chi connectivity index (χ0v) is 8.80. The lowest BCUT2D eigenvalue weighted by atomic mass is 10.2. The van der Waals surface area contributed by atoms with Gasteiger partial charge < -0.3 is 14.6 Å². The average Bonchev–Trinajstić information content (AvgIpc) is 2.86. The van der Waals surface area contributed by atoms with E-state index in [2.05, 4.69) is 5.10 Å². The first-order valence-electron chi connectivity index (χ1n) is 5.24. The van der Waals surface area contributed by atoms with Crippen molar-refractivity contribution in [3.8, 4) is 0 Å². The molecule has 0 aromatic carbocycles. The molecule has 1 N–H and O–H groups in total. The number of aliphatic hydroxyl groups excluding tert-OH is 1. The lowest BCUT2D eigenvalue weighted by molar-refractivity contribution is -0.0719. The van der Waals surface area contributed by atoms with Gasteiger partial charge in [0.1, 0.15) is 6.10 Å². The van der Waals surface area contributed by atoms with E-state index in [1.54, 1.807) is 10.9 Å². The topological polar surface area (TPSA) is 56.5 Å². The van der Waals surface area contributed by atoms with Crippen molar-refractivity contribution in [1.29, 1.82) is 0 Å². The number of hydrogen-bond acceptors (Lipinski definition) is 4. The van der Waals surface area contributed by atoms with Gasteiger partial charge in [-0.2, -0.15) is 5.10 Å². The van der Waals surface area contributed by atoms with Crippen LogP contribution in [0.5, 0.6) is 0 Å². The van der Waals surface area contributed by atoms with Crippen LogP contribution in [0.4, 0.5) is 0 Å². The smallest absolute Gasteiger partial charge is 0.160 e. The molecular formula is C10H16N2O3. The molecule has 1 aromatic rings. The molecular weight excluding hydrogens is 196 g/mol. The second-order valence-electron chi connectivity index (χ2n) is 3.49. The van der Waals surface area contributed by atoms with Crippen LogP contribution in [0.2, 0.25) is 0 Å². The highest BCUT2D eigenvalue weighted by Crippen LogP contribution is 2.21. The maximum atomic E-state index is 9.96. The Morgan fingerprint density at radius 2 is 2.33 bits per heavy atom. The van der Waals surface area contributed by atoms with Crippen LogP contribution in [0.1, 0.15) is 25.1 Å². The largest absolute Gasteiger partial charge is 0.387 e. The van der Waals surface area contributed by atoms with Gasteiger partial charge in [-0.1, -0.05) is 0 Å². The van der Waals surface area contributed by atoms with E-state index in [9.17, 15) is 5.11 Å². The minimum absolute atomic E-state index is 0.278. The van der Waals surface area contributed by atoms with Crippen molar-refractivity contribution in [2.45, 2.75) is 32.3 Å². The highest BCUT2D eigenvalue weighted by Gasteiger charge is 2.22. The van der Waals surface area contributed by atoms with E-state index in [4.69, 9.17) is 9.47 Å². The van der Waals surface area contributed by atoms with Crippen LogP contribution in [0.3, 0.4) is 0 Å². The molecule has 2 rings (SSSR count). The molecule has 5 nitrogen and oxygen atoms in total. The van der Waals surface area contributed by atoms with E-state index >= 15 is 0 Å². The molecule has 2 heterocycles. The molecule has 1 saturated heterocycles. The number of rotatable bonds is 4. The summed E-state index contributed by atoms with van der Waals surface area (Å²) in [6, 6.07) is 1.82. The van der Waals surface area contributed by atoms with Gasteiger partial charge in [-0.15, -0.1) is 0 Å². The number of aliphatic hydroxyl groups is 1. The van der Waals surface area contributed by atoms with E-state index in [0.717, 1.165) is 12.2 Å². The molecule has 0 saturated carbocycles. The maximum Gasteiger partial charge on any atom is 0.160 e. The van der Waals surface area contributed by atoms with Crippen LogP contribution in [0, 0.1) is 0 Å². The van der Waals surface area contributed by atoms with Crippen LogP contribution in [-0.4, -0.2) is 34.4 Å². The Kier molecular flexibility index (Phi) is 3.35. The summed E-state index contributed by atoms with van der Waals surface area (Å²) in [7, 11) is 0. The summed E-state index contributed by atoms with van der Waals surface area (Å²) in [6.45, 7) is 3.98. The molecule has 0 amide bonds. The number of nitrogens with zero attached hydrogens (tertiary/aromatic N) is 2. The van der Waals surface area contributed by atoms with Crippen molar-refractivity contribution in [2.75, 3.05) is 13.2 Å². The summed E-state index contributed by atoms with van der Waals surface area (Å²) in [5, 5.41) is 14.1. The Labute approximate surface area is 88.6 Å². The third-order valence-corrected chi connectivity index (χ3v) is 2.50. The standard InChI is InChI=1S/C10H16N2O3/c1-2-12-8(3-4-11-12)9(13)7-10-14-5-6-15-10/h3-4,9-10,13H,2,5-7H2,1H3. The Balaban J connectivity index is 1.97. The first-order valence-corrected chi connectivity index (χ1v) is 5.24. The molecule has 15 heavy (non-hydrogen) atoms. The van der Waals surface area contributed by atoms with Gasteiger partial charge >= 0.3 is 0 Å². The van der Waals surface area contributed by atoms with E-state index in [-0.39, 0.29) is 6.29 Å². The number of hydrogen-bond donors (Lipinski definition) is 1. The van der Waals surface area contributed by atoms with Gasteiger partial charge in [0.25, 0.3) is 0 Å². The van der Waals surface area contributed by atoms with Gasteiger partial charge in [0, 0.05) is 19.2 Å². The SMILES string of the molecule is CCn1nccc1C(O)CC1OCCO1. The summed E-state index contributed by atoms with van der Waals surface area (Å²) < 4.78 is 12.3. The molecule has 0 radical (unpaired) electrons. The first-order chi connectivity index (χ1) is 7.31. The Morgan fingerprint density at radius 1 is 1.60 bits per heavy atom. The molecule has 84 valence electrons. The number of aryl methyl sites for hydroxylation is 1. The zero-order chi connectivity index (χ0) is 10.7. The molecule has 1 aliphatic rings. The summed E-state index contributed by atoms with van der Waals surface area (Å²) in [4.78, 5) is 0. The fourth-order valence-corrected chi connectivity index (χ4v) is 1.74. The highest BCUT2D eigenvalue weighted by molar-refractivity contribution is 5.04. The minimum Gasteiger partial charge on any atom is -0.387 e. The van der Waals surface area contributed by atoms with Gasteiger partial charge in [-0.25, -0.2) is 0 Å². The summed E-state index contributed by atoms with van der Waals surface area (Å²) in [5.41, 5.74) is 0.816. The molecule has 0 spiro atoms. The van der Waals surface area contributed by atoms with E-state index in [0.29, 0.717) is 19.6 Å². The fourth-order valence-electron chi connectivity index (χ4n) is 1.74. The summed E-state index contributed by atoms with van der Waals surface area (Å²) >= 11 is 0. The normalized spacial score (nSPS) is 19.6. The summed E-state index contributed by atoms with van der Waals surface area (Å²) in [6.07, 6.45) is 1.31. The quantitative estimate of drug-likeness (QED) is 0.798. The Bertz CT molecular complexity index is 307. The third-order valence-electron chi connectivity index (χ3n) is 2.50. The van der Waals surface area contributed by atoms with E-state index in [1.807, 2.05) is 13.0 Å². The van der Waals surface area contributed by atoms with Crippen molar-refractivity contribution in [3.63, 3.8) is 0 Å². The maximum absolute atomic E-state index is 9.96. The molecule has 0 aliphatic carbocycles. The van der Waals surface area contributed by atoms with Gasteiger partial charge in [0.15, 0.2) is 6.29 Å². The predicted molar refractivity (Wildman–Crippen MR) is 53.2 cm³/mol. The monoisotopic (exact) mass is 212 g/mol. The second-order valence-corrected chi connectivity index (χ2v) is 3.49. The van der Waals surface area contributed by atoms with Crippen molar-refractivity contribution < 1.29 is 14.6 Å². The molecule has 1 aromatic heterocycles. The minimum atomic E-state index is -0.574. The molecule has 1 unspecified atom stereocenters. The number of ether oxygens (including phenoxy) is 2. The Hall–Kier alpha value is -0.910. The lowest BCUT2D eigenvalue weighted by Gasteiger charge is -2.15. The van der Waals surface area contributed by atoms with Crippen LogP contribution in [-0.2, 0) is 16.0 Å². The van der Waals surface area contributed by atoms with Gasteiger partial charge in [0.2, 0.25) is 0 Å². The Morgan fingerprint density at radius 3 is 3.00 bits per heavy atom. The lowest BCUT2D eigenvalue weighted by Crippen LogP contribution is -2.16. The predicted octanol–water partition coefficient (Wildman–Crippen LogP) is 0.699.